The summed E-state index contributed by atoms with van der Waals surface area (Å²) in [4.78, 5) is 19.7. The van der Waals surface area contributed by atoms with E-state index in [0.29, 0.717) is 0 Å². The van der Waals surface area contributed by atoms with Gasteiger partial charge in [0.2, 0.25) is 5.82 Å². The van der Waals surface area contributed by atoms with Gasteiger partial charge in [-0.25, -0.2) is 4.79 Å². The Bertz CT molecular complexity index is 898. The smallest absolute Gasteiger partial charge is 0.373 e. The van der Waals surface area contributed by atoms with Gasteiger partial charge in [-0.15, -0.1) is 9.43 Å². The summed E-state index contributed by atoms with van der Waals surface area (Å²) in [5, 5.41) is 26.1. The second kappa shape index (κ2) is 6.74. The third-order valence-corrected chi connectivity index (χ3v) is 3.80. The molecule has 0 atom stereocenters. The van der Waals surface area contributed by atoms with Crippen LogP contribution in [0.15, 0.2) is 35.2 Å². The Morgan fingerprint density at radius 1 is 1.33 bits per heavy atom. The maximum Gasteiger partial charge on any atom is 0.373 e. The van der Waals surface area contributed by atoms with Crippen LogP contribution in [-0.4, -0.2) is 31.4 Å². The van der Waals surface area contributed by atoms with Gasteiger partial charge in [-0.3, -0.25) is 5.10 Å². The lowest BCUT2D eigenvalue weighted by Crippen LogP contribution is -2.01. The molecule has 0 aliphatic rings. The topological polar surface area (TPSA) is 130 Å². The molecule has 9 nitrogen and oxygen atoms in total. The Morgan fingerprint density at radius 2 is 2.12 bits per heavy atom. The summed E-state index contributed by atoms with van der Waals surface area (Å²) in [7, 11) is 0. The maximum absolute atomic E-state index is 10.6. The minimum absolute atomic E-state index is 0.0766. The number of benzene rings is 2. The van der Waals surface area contributed by atoms with E-state index >= 15 is 0 Å². The van der Waals surface area contributed by atoms with Crippen molar-refractivity contribution in [3.63, 3.8) is 0 Å². The maximum atomic E-state index is 10.6. The highest BCUT2D eigenvalue weighted by molar-refractivity contribution is 7.94. The minimum atomic E-state index is -1.24. The van der Waals surface area contributed by atoms with Crippen molar-refractivity contribution in [3.8, 4) is 5.75 Å². The van der Waals surface area contributed by atoms with Crippen LogP contribution in [0.2, 0.25) is 0 Å². The standard InChI is InChI=1S/C14H12N4O5S/c1-7-10-6-9(4-2-8(10)3-5-11(7)19)24-23-22-18-14-15-12(13(20)21)16-17-14/h2-6,19H,1H3,(H,20,21)(H2,15,16,17,18). The first-order valence-electron chi connectivity index (χ1n) is 6.69. The molecule has 0 bridgehead atoms. The lowest BCUT2D eigenvalue weighted by molar-refractivity contribution is -0.161. The molecule has 4 N–H and O–H groups in total. The summed E-state index contributed by atoms with van der Waals surface area (Å²) in [6.07, 6.45) is 0. The molecule has 3 aromatic rings. The highest BCUT2D eigenvalue weighted by Crippen LogP contribution is 2.30. The zero-order chi connectivity index (χ0) is 17.1. The number of rotatable bonds is 6. The number of carboxylic acids is 1. The average molecular weight is 348 g/mol. The lowest BCUT2D eigenvalue weighted by atomic mass is 10.1. The molecule has 0 fully saturated rings. The van der Waals surface area contributed by atoms with E-state index in [0.717, 1.165) is 33.3 Å². The SMILES string of the molecule is Cc1c(O)ccc2ccc(SOONc3n[nH]c(C(=O)O)n3)cc12. The van der Waals surface area contributed by atoms with Crippen LogP contribution in [0.1, 0.15) is 16.2 Å². The van der Waals surface area contributed by atoms with E-state index in [9.17, 15) is 9.90 Å². The van der Waals surface area contributed by atoms with E-state index < -0.39 is 5.97 Å². The summed E-state index contributed by atoms with van der Waals surface area (Å²) in [5.41, 5.74) is 3.02. The molecule has 0 unspecified atom stereocenters. The van der Waals surface area contributed by atoms with E-state index in [1.54, 1.807) is 6.07 Å². The van der Waals surface area contributed by atoms with Crippen LogP contribution < -0.4 is 5.48 Å². The van der Waals surface area contributed by atoms with Crippen molar-refractivity contribution in [2.75, 3.05) is 5.48 Å². The number of aromatic amines is 1. The quantitative estimate of drug-likeness (QED) is 0.230. The Kier molecular flexibility index (Phi) is 4.51. The Balaban J connectivity index is 1.59. The van der Waals surface area contributed by atoms with Crippen LogP contribution in [0.4, 0.5) is 5.95 Å². The number of phenolic OH excluding ortho intramolecular Hbond substituents is 1. The Morgan fingerprint density at radius 3 is 2.88 bits per heavy atom. The van der Waals surface area contributed by atoms with Gasteiger partial charge >= 0.3 is 5.97 Å². The first kappa shape index (κ1) is 16.1. The number of carboxylic acid groups (broad SMARTS) is 1. The molecule has 0 aliphatic heterocycles. The van der Waals surface area contributed by atoms with Crippen LogP contribution in [0.5, 0.6) is 5.75 Å². The van der Waals surface area contributed by atoms with Crippen LogP contribution in [0.3, 0.4) is 0 Å². The summed E-state index contributed by atoms with van der Waals surface area (Å²) < 4.78 is 4.91. The molecule has 3 rings (SSSR count). The number of hydrogen-bond donors (Lipinski definition) is 4. The number of carbonyl (C=O) groups is 1. The molecule has 0 saturated heterocycles. The molecule has 10 heteroatoms. The van der Waals surface area contributed by atoms with Gasteiger partial charge in [0.05, 0.1) is 12.0 Å². The highest BCUT2D eigenvalue weighted by atomic mass is 32.2. The number of nitrogens with zero attached hydrogens (tertiary/aromatic N) is 2. The number of aromatic hydroxyl groups is 1. The predicted molar refractivity (Wildman–Crippen MR) is 85.3 cm³/mol. The number of aromatic nitrogens is 3. The monoisotopic (exact) mass is 348 g/mol. The van der Waals surface area contributed by atoms with Crippen molar-refractivity contribution >= 4 is 34.7 Å². The number of phenols is 1. The van der Waals surface area contributed by atoms with Gasteiger partial charge in [0.25, 0.3) is 5.95 Å². The molecule has 0 amide bonds. The predicted octanol–water partition coefficient (Wildman–Crippen LogP) is 2.65. The summed E-state index contributed by atoms with van der Waals surface area (Å²) >= 11 is 0.934. The van der Waals surface area contributed by atoms with Crippen molar-refractivity contribution in [2.24, 2.45) is 0 Å². The van der Waals surface area contributed by atoms with Crippen LogP contribution >= 0.6 is 12.0 Å². The first-order valence-corrected chi connectivity index (χ1v) is 7.43. The van der Waals surface area contributed by atoms with Crippen molar-refractivity contribution in [1.82, 2.24) is 15.2 Å². The van der Waals surface area contributed by atoms with E-state index in [1.807, 2.05) is 31.2 Å². The molecule has 24 heavy (non-hydrogen) atoms. The largest absolute Gasteiger partial charge is 0.508 e. The van der Waals surface area contributed by atoms with E-state index in [2.05, 4.69) is 20.7 Å². The van der Waals surface area contributed by atoms with Crippen molar-refractivity contribution < 1.29 is 24.3 Å². The highest BCUT2D eigenvalue weighted by Gasteiger charge is 2.10. The summed E-state index contributed by atoms with van der Waals surface area (Å²) in [6, 6.07) is 9.07. The van der Waals surface area contributed by atoms with Crippen molar-refractivity contribution in [1.29, 1.82) is 0 Å². The van der Waals surface area contributed by atoms with Crippen LogP contribution in [0.25, 0.3) is 10.8 Å². The Hall–Kier alpha value is -2.82. The van der Waals surface area contributed by atoms with Gasteiger partial charge in [0.15, 0.2) is 0 Å². The minimum Gasteiger partial charge on any atom is -0.508 e. The van der Waals surface area contributed by atoms with Crippen molar-refractivity contribution in [3.05, 3.63) is 41.7 Å². The van der Waals surface area contributed by atoms with Gasteiger partial charge in [-0.1, -0.05) is 17.1 Å². The van der Waals surface area contributed by atoms with Crippen LogP contribution in [-0.2, 0) is 9.32 Å². The molecule has 1 aromatic heterocycles. The molecule has 2 aromatic carbocycles. The van der Waals surface area contributed by atoms with Gasteiger partial charge < -0.3 is 10.2 Å². The third-order valence-electron chi connectivity index (χ3n) is 3.22. The molecule has 0 radical (unpaired) electrons. The van der Waals surface area contributed by atoms with Gasteiger partial charge in [-0.05, 0) is 41.5 Å². The normalized spacial score (nSPS) is 10.9. The molecule has 124 valence electrons. The average Bonchev–Trinajstić information content (AvgIpc) is 3.05. The molecule has 0 spiro atoms. The molecule has 1 heterocycles. The fourth-order valence-corrected chi connectivity index (χ4v) is 2.44. The number of anilines is 1. The van der Waals surface area contributed by atoms with Crippen molar-refractivity contribution in [2.45, 2.75) is 11.8 Å². The molecular weight excluding hydrogens is 336 g/mol. The fourth-order valence-electron chi connectivity index (χ4n) is 2.00. The van der Waals surface area contributed by atoms with Gasteiger partial charge in [-0.2, -0.15) is 10.5 Å². The van der Waals surface area contributed by atoms with Gasteiger partial charge in [0, 0.05) is 4.90 Å². The zero-order valence-electron chi connectivity index (χ0n) is 12.3. The number of aromatic carboxylic acids is 1. The molecule has 0 saturated carbocycles. The fraction of sp³-hybridized carbons (Fsp3) is 0.0714. The summed E-state index contributed by atoms with van der Waals surface area (Å²) in [5.74, 6) is -1.41. The lowest BCUT2D eigenvalue weighted by Gasteiger charge is -2.06. The number of nitrogens with one attached hydrogen (secondary N) is 2. The zero-order valence-corrected chi connectivity index (χ0v) is 13.1. The number of aryl methyl sites for hydroxylation is 1. The second-order valence-electron chi connectivity index (χ2n) is 4.74. The third kappa shape index (κ3) is 3.40. The van der Waals surface area contributed by atoms with E-state index in [4.69, 9.17) is 14.4 Å². The first-order chi connectivity index (χ1) is 11.5. The molecule has 0 aliphatic carbocycles. The van der Waals surface area contributed by atoms with E-state index in [1.165, 1.54) is 0 Å². The van der Waals surface area contributed by atoms with Crippen LogP contribution in [0, 0.1) is 6.92 Å². The molecular formula is C14H12N4O5S. The number of hydrogen-bond acceptors (Lipinski definition) is 8. The number of H-pyrrole nitrogens is 1. The Labute approximate surface area is 139 Å². The summed E-state index contributed by atoms with van der Waals surface area (Å²) in [6.45, 7) is 1.83. The second-order valence-corrected chi connectivity index (χ2v) is 5.52. The van der Waals surface area contributed by atoms with E-state index in [-0.39, 0.29) is 17.5 Å². The number of fused-ring (bicyclic) bond motifs is 1. The van der Waals surface area contributed by atoms with Gasteiger partial charge in [0.1, 0.15) is 5.75 Å².